The van der Waals surface area contributed by atoms with Crippen molar-refractivity contribution in [3.05, 3.63) is 11.3 Å². The number of nitrogens with zero attached hydrogens (tertiary/aromatic N) is 1. The van der Waals surface area contributed by atoms with E-state index in [1.807, 2.05) is 27.7 Å². The highest BCUT2D eigenvalue weighted by Crippen LogP contribution is 2.36. The smallest absolute Gasteiger partial charge is 0.398 e. The molecule has 1 fully saturated rings. The van der Waals surface area contributed by atoms with Crippen LogP contribution in [0.3, 0.4) is 0 Å². The fourth-order valence-corrected chi connectivity index (χ4v) is 2.28. The van der Waals surface area contributed by atoms with Crippen LogP contribution in [0.4, 0.5) is 0 Å². The monoisotopic (exact) mass is 250 g/mol. The van der Waals surface area contributed by atoms with Crippen molar-refractivity contribution >= 4 is 12.7 Å². The van der Waals surface area contributed by atoms with Crippen molar-refractivity contribution in [3.63, 3.8) is 0 Å². The highest BCUT2D eigenvalue weighted by atomic mass is 16.7. The van der Waals surface area contributed by atoms with Crippen molar-refractivity contribution in [1.29, 1.82) is 0 Å². The fraction of sp³-hybridized carbons (Fsp3) is 0.750. The first-order valence-corrected chi connectivity index (χ1v) is 6.40. The lowest BCUT2D eigenvalue weighted by molar-refractivity contribution is 0.00578. The Labute approximate surface area is 107 Å². The van der Waals surface area contributed by atoms with Crippen LogP contribution in [-0.4, -0.2) is 35.1 Å². The van der Waals surface area contributed by atoms with E-state index >= 15 is 0 Å². The lowest BCUT2D eigenvalue weighted by Gasteiger charge is -2.32. The summed E-state index contributed by atoms with van der Waals surface area (Å²) in [6.45, 7) is 9.52. The average Bonchev–Trinajstić information content (AvgIpc) is 2.78. The summed E-state index contributed by atoms with van der Waals surface area (Å²) < 4.78 is 17.5. The van der Waals surface area contributed by atoms with Crippen molar-refractivity contribution in [2.45, 2.75) is 51.9 Å². The molecule has 0 spiro atoms. The van der Waals surface area contributed by atoms with Crippen molar-refractivity contribution in [2.24, 2.45) is 0 Å². The van der Waals surface area contributed by atoms with Gasteiger partial charge in [0.1, 0.15) is 0 Å². The van der Waals surface area contributed by atoms with Crippen molar-refractivity contribution in [3.8, 4) is 0 Å². The lowest BCUT2D eigenvalue weighted by Crippen LogP contribution is -2.41. The van der Waals surface area contributed by atoms with Crippen LogP contribution < -0.4 is 5.59 Å². The molecule has 98 valence electrons. The topological polar surface area (TPSA) is 56.4 Å². The molecule has 3 rings (SSSR count). The molecule has 18 heavy (non-hydrogen) atoms. The van der Waals surface area contributed by atoms with Crippen LogP contribution in [0.25, 0.3) is 0 Å². The van der Waals surface area contributed by atoms with E-state index in [1.165, 1.54) is 0 Å². The molecule has 0 unspecified atom stereocenters. The minimum atomic E-state index is -0.382. The van der Waals surface area contributed by atoms with E-state index in [0.29, 0.717) is 6.61 Å². The molecule has 6 heteroatoms. The maximum atomic E-state index is 6.03. The Bertz CT molecular complexity index is 454. The number of ether oxygens (including phenoxy) is 1. The predicted molar refractivity (Wildman–Crippen MR) is 67.7 cm³/mol. The molecule has 0 aromatic carbocycles. The molecular weight excluding hydrogens is 231 g/mol. The van der Waals surface area contributed by atoms with Crippen molar-refractivity contribution < 1.29 is 14.0 Å². The molecule has 0 bridgehead atoms. The van der Waals surface area contributed by atoms with Gasteiger partial charge in [0.15, 0.2) is 0 Å². The Balaban J connectivity index is 1.91. The van der Waals surface area contributed by atoms with Crippen LogP contribution in [0.2, 0.25) is 0 Å². The summed E-state index contributed by atoms with van der Waals surface area (Å²) in [5, 5.41) is 7.39. The number of hydrogen-bond donors (Lipinski definition) is 1. The van der Waals surface area contributed by atoms with Crippen LogP contribution in [0.5, 0.6) is 0 Å². The van der Waals surface area contributed by atoms with Crippen molar-refractivity contribution in [1.82, 2.24) is 10.2 Å². The van der Waals surface area contributed by atoms with Crippen LogP contribution in [0, 0.1) is 0 Å². The summed E-state index contributed by atoms with van der Waals surface area (Å²) in [4.78, 5) is 0. The van der Waals surface area contributed by atoms with Gasteiger partial charge in [-0.3, -0.25) is 5.10 Å². The molecule has 2 aliphatic heterocycles. The molecule has 2 aliphatic rings. The standard InChI is InChI=1S/C12H19BN2O3/c1-11(2)12(3,4)18-13(17-11)10-8-7-16-6-5-9(8)14-15-10/h5-7H2,1-4H3,(H,14,15). The number of H-pyrrole nitrogens is 1. The highest BCUT2D eigenvalue weighted by molar-refractivity contribution is 6.61. The summed E-state index contributed by atoms with van der Waals surface area (Å²) in [5.74, 6) is 0. The Hall–Kier alpha value is -0.845. The molecule has 0 amide bonds. The van der Waals surface area contributed by atoms with Gasteiger partial charge in [0, 0.05) is 12.0 Å². The Morgan fingerprint density at radius 1 is 1.17 bits per heavy atom. The van der Waals surface area contributed by atoms with E-state index < -0.39 is 0 Å². The quantitative estimate of drug-likeness (QED) is 0.748. The summed E-state index contributed by atoms with van der Waals surface area (Å²) in [7, 11) is -0.382. The van der Waals surface area contributed by atoms with Gasteiger partial charge in [0.05, 0.1) is 35.7 Å². The molecule has 1 saturated heterocycles. The third-order valence-corrected chi connectivity index (χ3v) is 4.20. The van der Waals surface area contributed by atoms with Gasteiger partial charge in [-0.15, -0.1) is 0 Å². The van der Waals surface area contributed by atoms with Crippen LogP contribution in [0.15, 0.2) is 0 Å². The second-order valence-corrected chi connectivity index (χ2v) is 5.95. The second-order valence-electron chi connectivity index (χ2n) is 5.95. The van der Waals surface area contributed by atoms with Gasteiger partial charge in [-0.05, 0) is 27.7 Å². The first-order chi connectivity index (χ1) is 8.41. The zero-order chi connectivity index (χ0) is 13.0. The van der Waals surface area contributed by atoms with Gasteiger partial charge in [-0.25, -0.2) is 0 Å². The number of hydrogen-bond acceptors (Lipinski definition) is 4. The zero-order valence-corrected chi connectivity index (χ0v) is 11.4. The molecule has 0 saturated carbocycles. The average molecular weight is 250 g/mol. The molecule has 0 aliphatic carbocycles. The summed E-state index contributed by atoms with van der Waals surface area (Å²) in [6.07, 6.45) is 0.853. The zero-order valence-electron chi connectivity index (χ0n) is 11.4. The number of rotatable bonds is 1. The van der Waals surface area contributed by atoms with Crippen molar-refractivity contribution in [2.75, 3.05) is 6.61 Å². The largest absolute Gasteiger partial charge is 0.514 e. The van der Waals surface area contributed by atoms with E-state index in [0.717, 1.165) is 29.9 Å². The van der Waals surface area contributed by atoms with E-state index in [9.17, 15) is 0 Å². The number of fused-ring (bicyclic) bond motifs is 1. The summed E-state index contributed by atoms with van der Waals surface area (Å²) in [5.41, 5.74) is 2.42. The minimum absolute atomic E-state index is 0.328. The minimum Gasteiger partial charge on any atom is -0.398 e. The SMILES string of the molecule is CC1(C)OB(c2[nH]nc3c2COCC3)OC1(C)C. The molecule has 0 radical (unpaired) electrons. The number of nitrogens with one attached hydrogen (secondary N) is 1. The van der Waals surface area contributed by atoms with E-state index in [2.05, 4.69) is 10.2 Å². The Kier molecular flexibility index (Phi) is 2.59. The first-order valence-electron chi connectivity index (χ1n) is 6.40. The summed E-state index contributed by atoms with van der Waals surface area (Å²) in [6, 6.07) is 0. The molecular formula is C12H19BN2O3. The first kappa shape index (κ1) is 12.2. The molecule has 1 aromatic rings. The number of aromatic amines is 1. The Morgan fingerprint density at radius 2 is 1.83 bits per heavy atom. The van der Waals surface area contributed by atoms with Gasteiger partial charge in [-0.2, -0.15) is 5.10 Å². The van der Waals surface area contributed by atoms with E-state index in [-0.39, 0.29) is 18.3 Å². The van der Waals surface area contributed by atoms with Gasteiger partial charge in [-0.1, -0.05) is 0 Å². The lowest BCUT2D eigenvalue weighted by atomic mass is 9.81. The van der Waals surface area contributed by atoms with E-state index in [4.69, 9.17) is 14.0 Å². The predicted octanol–water partition coefficient (Wildman–Crippen LogP) is 0.782. The molecule has 3 heterocycles. The normalized spacial score (nSPS) is 25.2. The summed E-state index contributed by atoms with van der Waals surface area (Å²) >= 11 is 0. The third-order valence-electron chi connectivity index (χ3n) is 4.20. The van der Waals surface area contributed by atoms with E-state index in [1.54, 1.807) is 0 Å². The molecule has 1 aromatic heterocycles. The highest BCUT2D eigenvalue weighted by Gasteiger charge is 2.53. The molecule has 0 atom stereocenters. The number of aromatic nitrogens is 2. The Morgan fingerprint density at radius 3 is 2.50 bits per heavy atom. The molecule has 5 nitrogen and oxygen atoms in total. The second kappa shape index (κ2) is 3.82. The van der Waals surface area contributed by atoms with Gasteiger partial charge in [0.25, 0.3) is 0 Å². The third kappa shape index (κ3) is 1.71. The van der Waals surface area contributed by atoms with Gasteiger partial charge in [0.2, 0.25) is 0 Å². The van der Waals surface area contributed by atoms with Gasteiger partial charge >= 0.3 is 7.12 Å². The van der Waals surface area contributed by atoms with Crippen LogP contribution in [-0.2, 0) is 27.1 Å². The van der Waals surface area contributed by atoms with Crippen LogP contribution in [0.1, 0.15) is 39.0 Å². The maximum absolute atomic E-state index is 6.03. The van der Waals surface area contributed by atoms with Crippen LogP contribution >= 0.6 is 0 Å². The fourth-order valence-electron chi connectivity index (χ4n) is 2.28. The van der Waals surface area contributed by atoms with Gasteiger partial charge < -0.3 is 14.0 Å². The molecule has 1 N–H and O–H groups in total. The maximum Gasteiger partial charge on any atom is 0.514 e.